The number of pyridine rings is 1. The standard InChI is InChI=1S/C21H22N4O2/c1-13-8-15(11-22-10-13)25-7-6-14(12-25)23-20(26)16-9-17(16)21-24-18-4-2-3-5-19(18)27-21/h2-5,8,10-11,14,16-17H,6-7,9,12H2,1H3,(H,23,26)/t14-,16-,17-/m1/s1. The van der Waals surface area contributed by atoms with Crippen molar-refractivity contribution in [1.82, 2.24) is 15.3 Å². The van der Waals surface area contributed by atoms with Crippen LogP contribution in [0.1, 0.15) is 30.2 Å². The van der Waals surface area contributed by atoms with Gasteiger partial charge in [-0.05, 0) is 43.5 Å². The highest BCUT2D eigenvalue weighted by atomic mass is 16.3. The Morgan fingerprint density at radius 3 is 3.04 bits per heavy atom. The van der Waals surface area contributed by atoms with Crippen LogP contribution in [0.3, 0.4) is 0 Å². The van der Waals surface area contributed by atoms with E-state index in [1.165, 1.54) is 0 Å². The summed E-state index contributed by atoms with van der Waals surface area (Å²) in [6.07, 6.45) is 5.52. The number of carbonyl (C=O) groups excluding carboxylic acids is 1. The zero-order valence-corrected chi connectivity index (χ0v) is 15.3. The second-order valence-corrected chi connectivity index (χ2v) is 7.63. The van der Waals surface area contributed by atoms with Crippen LogP contribution in [0, 0.1) is 12.8 Å². The third-order valence-electron chi connectivity index (χ3n) is 5.52. The van der Waals surface area contributed by atoms with E-state index in [2.05, 4.69) is 26.3 Å². The van der Waals surface area contributed by atoms with E-state index >= 15 is 0 Å². The van der Waals surface area contributed by atoms with Crippen LogP contribution in [0.15, 0.2) is 47.1 Å². The summed E-state index contributed by atoms with van der Waals surface area (Å²) in [5.41, 5.74) is 3.93. The van der Waals surface area contributed by atoms with Gasteiger partial charge in [0.1, 0.15) is 5.52 Å². The molecule has 1 saturated carbocycles. The predicted molar refractivity (Wildman–Crippen MR) is 103 cm³/mol. The number of amides is 1. The molecule has 0 radical (unpaired) electrons. The number of para-hydroxylation sites is 2. The van der Waals surface area contributed by atoms with Crippen molar-refractivity contribution in [2.24, 2.45) is 5.92 Å². The fraction of sp³-hybridized carbons (Fsp3) is 0.381. The van der Waals surface area contributed by atoms with Crippen molar-refractivity contribution >= 4 is 22.7 Å². The Morgan fingerprint density at radius 1 is 1.30 bits per heavy atom. The van der Waals surface area contributed by atoms with Gasteiger partial charge in [-0.1, -0.05) is 12.1 Å². The lowest BCUT2D eigenvalue weighted by Gasteiger charge is -2.19. The average Bonchev–Trinajstić information content (AvgIpc) is 3.14. The van der Waals surface area contributed by atoms with Gasteiger partial charge >= 0.3 is 0 Å². The number of aromatic nitrogens is 2. The van der Waals surface area contributed by atoms with Gasteiger partial charge in [-0.2, -0.15) is 0 Å². The van der Waals surface area contributed by atoms with E-state index in [-0.39, 0.29) is 23.8 Å². The van der Waals surface area contributed by atoms with Crippen molar-refractivity contribution in [2.45, 2.75) is 31.7 Å². The number of rotatable bonds is 4. The van der Waals surface area contributed by atoms with Gasteiger partial charge in [0, 0.05) is 31.2 Å². The van der Waals surface area contributed by atoms with E-state index in [0.29, 0.717) is 5.89 Å². The molecule has 3 atom stereocenters. The first-order valence-corrected chi connectivity index (χ1v) is 9.50. The molecule has 6 heteroatoms. The highest BCUT2D eigenvalue weighted by Crippen LogP contribution is 2.47. The second kappa shape index (κ2) is 6.37. The topological polar surface area (TPSA) is 71.3 Å². The molecule has 2 fully saturated rings. The first kappa shape index (κ1) is 16.3. The third kappa shape index (κ3) is 3.16. The van der Waals surface area contributed by atoms with E-state index in [1.54, 1.807) is 0 Å². The Labute approximate surface area is 157 Å². The molecule has 3 heterocycles. The zero-order valence-electron chi connectivity index (χ0n) is 15.3. The molecule has 1 amide bonds. The Balaban J connectivity index is 1.19. The second-order valence-electron chi connectivity index (χ2n) is 7.63. The number of oxazole rings is 1. The Bertz CT molecular complexity index is 966. The van der Waals surface area contributed by atoms with E-state index in [4.69, 9.17) is 4.42 Å². The first-order valence-electron chi connectivity index (χ1n) is 9.50. The Morgan fingerprint density at radius 2 is 2.19 bits per heavy atom. The van der Waals surface area contributed by atoms with Crippen LogP contribution >= 0.6 is 0 Å². The summed E-state index contributed by atoms with van der Waals surface area (Å²) in [5, 5.41) is 3.22. The summed E-state index contributed by atoms with van der Waals surface area (Å²) in [6, 6.07) is 10.1. The van der Waals surface area contributed by atoms with E-state index in [0.717, 1.165) is 48.3 Å². The van der Waals surface area contributed by atoms with Crippen LogP contribution in [-0.2, 0) is 4.79 Å². The van der Waals surface area contributed by atoms with Gasteiger partial charge in [-0.3, -0.25) is 9.78 Å². The zero-order chi connectivity index (χ0) is 18.4. The minimum absolute atomic E-state index is 0.0206. The summed E-state index contributed by atoms with van der Waals surface area (Å²) >= 11 is 0. The maximum absolute atomic E-state index is 12.6. The third-order valence-corrected chi connectivity index (χ3v) is 5.52. The minimum Gasteiger partial charge on any atom is -0.440 e. The molecule has 0 spiro atoms. The fourth-order valence-corrected chi connectivity index (χ4v) is 3.94. The van der Waals surface area contributed by atoms with Crippen LogP contribution in [0.25, 0.3) is 11.1 Å². The number of anilines is 1. The summed E-state index contributed by atoms with van der Waals surface area (Å²) in [4.78, 5) is 23.7. The molecule has 6 nitrogen and oxygen atoms in total. The SMILES string of the molecule is Cc1cncc(N2CC[C@@H](NC(=O)[C@@H]3C[C@H]3c3nc4ccccc4o3)C2)c1. The van der Waals surface area contributed by atoms with Gasteiger partial charge in [0.2, 0.25) is 5.91 Å². The Hall–Kier alpha value is -2.89. The van der Waals surface area contributed by atoms with Gasteiger partial charge in [-0.15, -0.1) is 0 Å². The van der Waals surface area contributed by atoms with Crippen LogP contribution < -0.4 is 10.2 Å². The maximum atomic E-state index is 12.6. The molecule has 0 unspecified atom stereocenters. The fourth-order valence-electron chi connectivity index (χ4n) is 3.94. The molecule has 1 N–H and O–H groups in total. The molecule has 5 rings (SSSR count). The van der Waals surface area contributed by atoms with Crippen molar-refractivity contribution in [3.63, 3.8) is 0 Å². The van der Waals surface area contributed by atoms with E-state index in [1.807, 2.05) is 43.6 Å². The largest absolute Gasteiger partial charge is 0.440 e. The van der Waals surface area contributed by atoms with Crippen LogP contribution in [0.2, 0.25) is 0 Å². The molecule has 1 aromatic carbocycles. The van der Waals surface area contributed by atoms with Gasteiger partial charge in [-0.25, -0.2) is 4.98 Å². The molecule has 3 aromatic rings. The summed E-state index contributed by atoms with van der Waals surface area (Å²) < 4.78 is 5.82. The predicted octanol–water partition coefficient (Wildman–Crippen LogP) is 3.03. The number of hydrogen-bond donors (Lipinski definition) is 1. The monoisotopic (exact) mass is 362 g/mol. The van der Waals surface area contributed by atoms with Crippen molar-refractivity contribution in [2.75, 3.05) is 18.0 Å². The Kier molecular flexibility index (Phi) is 3.85. The summed E-state index contributed by atoms with van der Waals surface area (Å²) in [6.45, 7) is 3.82. The highest BCUT2D eigenvalue weighted by Gasteiger charge is 2.48. The number of fused-ring (bicyclic) bond motifs is 1. The maximum Gasteiger partial charge on any atom is 0.224 e. The van der Waals surface area contributed by atoms with Crippen molar-refractivity contribution in [3.8, 4) is 0 Å². The summed E-state index contributed by atoms with van der Waals surface area (Å²) in [7, 11) is 0. The molecule has 138 valence electrons. The molecule has 27 heavy (non-hydrogen) atoms. The van der Waals surface area contributed by atoms with Gasteiger partial charge in [0.05, 0.1) is 17.8 Å². The van der Waals surface area contributed by atoms with Crippen LogP contribution in [0.4, 0.5) is 5.69 Å². The van der Waals surface area contributed by atoms with Crippen molar-refractivity contribution in [3.05, 3.63) is 54.2 Å². The molecular weight excluding hydrogens is 340 g/mol. The van der Waals surface area contributed by atoms with Gasteiger partial charge in [0.25, 0.3) is 0 Å². The number of nitrogens with one attached hydrogen (secondary N) is 1. The number of carbonyl (C=O) groups is 1. The highest BCUT2D eigenvalue weighted by molar-refractivity contribution is 5.83. The molecular formula is C21H22N4O2. The summed E-state index contributed by atoms with van der Waals surface area (Å²) in [5.74, 6) is 0.898. The molecule has 0 bridgehead atoms. The average molecular weight is 362 g/mol. The lowest BCUT2D eigenvalue weighted by atomic mass is 10.2. The number of hydrogen-bond acceptors (Lipinski definition) is 5. The van der Waals surface area contributed by atoms with Crippen LogP contribution in [0.5, 0.6) is 0 Å². The van der Waals surface area contributed by atoms with Crippen molar-refractivity contribution in [1.29, 1.82) is 0 Å². The quantitative estimate of drug-likeness (QED) is 0.772. The van der Waals surface area contributed by atoms with Gasteiger partial charge < -0.3 is 14.6 Å². The lowest BCUT2D eigenvalue weighted by Crippen LogP contribution is -2.38. The van der Waals surface area contributed by atoms with Gasteiger partial charge in [0.15, 0.2) is 11.5 Å². The molecule has 2 aromatic heterocycles. The molecule has 2 aliphatic rings. The number of benzene rings is 1. The van der Waals surface area contributed by atoms with E-state index in [9.17, 15) is 4.79 Å². The van der Waals surface area contributed by atoms with Crippen LogP contribution in [-0.4, -0.2) is 35.0 Å². The minimum atomic E-state index is -0.0206. The molecule has 1 aliphatic heterocycles. The number of aryl methyl sites for hydroxylation is 1. The lowest BCUT2D eigenvalue weighted by molar-refractivity contribution is -0.123. The van der Waals surface area contributed by atoms with Crippen molar-refractivity contribution < 1.29 is 9.21 Å². The first-order chi connectivity index (χ1) is 13.2. The molecule has 1 aliphatic carbocycles. The molecule has 1 saturated heterocycles. The van der Waals surface area contributed by atoms with E-state index < -0.39 is 0 Å². The normalized spacial score (nSPS) is 24.3. The number of nitrogens with zero attached hydrogens (tertiary/aromatic N) is 3. The smallest absolute Gasteiger partial charge is 0.224 e.